The Labute approximate surface area is 101 Å². The lowest BCUT2D eigenvalue weighted by atomic mass is 10.2. The molecule has 0 aliphatic rings. The van der Waals surface area contributed by atoms with Crippen LogP contribution in [0.3, 0.4) is 0 Å². The van der Waals surface area contributed by atoms with E-state index >= 15 is 0 Å². The first-order valence-electron chi connectivity index (χ1n) is 5.06. The van der Waals surface area contributed by atoms with Gasteiger partial charge in [-0.25, -0.2) is 0 Å². The molecule has 98 valence electrons. The zero-order valence-electron chi connectivity index (χ0n) is 9.71. The average Bonchev–Trinajstić information content (AvgIpc) is 2.27. The number of nitrogens with zero attached hydrogens (tertiary/aromatic N) is 1. The highest BCUT2D eigenvalue weighted by Gasteiger charge is 2.31. The van der Waals surface area contributed by atoms with Crippen molar-refractivity contribution in [2.75, 3.05) is 0 Å². The van der Waals surface area contributed by atoms with Crippen LogP contribution in [0.1, 0.15) is 29.9 Å². The highest BCUT2D eigenvalue weighted by Crippen LogP contribution is 2.28. The molecule has 0 saturated heterocycles. The van der Waals surface area contributed by atoms with Gasteiger partial charge in [-0.05, 0) is 26.0 Å². The number of ketones is 1. The van der Waals surface area contributed by atoms with Gasteiger partial charge in [-0.2, -0.15) is 13.2 Å². The van der Waals surface area contributed by atoms with Crippen molar-refractivity contribution in [3.8, 4) is 0 Å². The molecule has 0 bridgehead atoms. The summed E-state index contributed by atoms with van der Waals surface area (Å²) in [4.78, 5) is 25.8. The molecule has 0 radical (unpaired) electrons. The molecule has 1 amide bonds. The Bertz CT molecular complexity index is 454. The lowest BCUT2D eigenvalue weighted by Gasteiger charge is -2.10. The van der Waals surface area contributed by atoms with E-state index in [1.165, 1.54) is 13.8 Å². The minimum absolute atomic E-state index is 0.170. The molecular weight excluding hydrogens is 249 g/mol. The Kier molecular flexibility index (Phi) is 4.05. The van der Waals surface area contributed by atoms with E-state index in [1.54, 1.807) is 0 Å². The monoisotopic (exact) mass is 260 g/mol. The number of alkyl halides is 3. The second-order valence-electron chi connectivity index (χ2n) is 3.74. The molecule has 0 aromatic carbocycles. The Morgan fingerprint density at radius 2 is 1.94 bits per heavy atom. The van der Waals surface area contributed by atoms with Gasteiger partial charge in [0.25, 0.3) is 5.91 Å². The van der Waals surface area contributed by atoms with Crippen molar-refractivity contribution >= 4 is 11.7 Å². The summed E-state index contributed by atoms with van der Waals surface area (Å²) in [7, 11) is 0. The molecule has 1 unspecified atom stereocenters. The van der Waals surface area contributed by atoms with Gasteiger partial charge in [0.15, 0.2) is 5.78 Å². The molecule has 4 nitrogen and oxygen atoms in total. The molecule has 1 heterocycles. The number of amides is 1. The fraction of sp³-hybridized carbons (Fsp3) is 0.364. The van der Waals surface area contributed by atoms with Crippen molar-refractivity contribution in [2.24, 2.45) is 0 Å². The maximum atomic E-state index is 12.3. The van der Waals surface area contributed by atoms with Crippen LogP contribution in [0.15, 0.2) is 18.3 Å². The summed E-state index contributed by atoms with van der Waals surface area (Å²) in [6.45, 7) is 2.77. The van der Waals surface area contributed by atoms with Gasteiger partial charge in [-0.1, -0.05) is 0 Å². The van der Waals surface area contributed by atoms with Crippen molar-refractivity contribution < 1.29 is 22.8 Å². The number of nitrogens with one attached hydrogen (secondary N) is 1. The molecule has 0 aliphatic carbocycles. The summed E-state index contributed by atoms with van der Waals surface area (Å²) in [6, 6.07) is 1.02. The SMILES string of the molecule is CC(=O)C(C)NC(=O)c1ccc(C(F)(F)F)cn1. The summed E-state index contributed by atoms with van der Waals surface area (Å²) in [5.74, 6) is -0.943. The molecule has 0 fully saturated rings. The number of pyridine rings is 1. The van der Waals surface area contributed by atoms with E-state index in [1.807, 2.05) is 0 Å². The number of halogens is 3. The van der Waals surface area contributed by atoms with Gasteiger partial charge < -0.3 is 5.32 Å². The van der Waals surface area contributed by atoms with Crippen LogP contribution in [-0.2, 0) is 11.0 Å². The molecule has 18 heavy (non-hydrogen) atoms. The smallest absolute Gasteiger partial charge is 0.341 e. The number of carbonyl (C=O) groups excluding carboxylic acids is 2. The number of rotatable bonds is 3. The van der Waals surface area contributed by atoms with Gasteiger partial charge in [0.2, 0.25) is 0 Å². The van der Waals surface area contributed by atoms with Gasteiger partial charge in [0.1, 0.15) is 5.69 Å². The summed E-state index contributed by atoms with van der Waals surface area (Å²) in [5, 5.41) is 2.32. The fourth-order valence-electron chi connectivity index (χ4n) is 1.07. The number of aromatic nitrogens is 1. The van der Waals surface area contributed by atoms with Gasteiger partial charge in [-0.15, -0.1) is 0 Å². The third kappa shape index (κ3) is 3.54. The molecule has 1 atom stereocenters. The molecule has 1 N–H and O–H groups in total. The first-order chi connectivity index (χ1) is 8.21. The molecule has 1 aromatic rings. The van der Waals surface area contributed by atoms with E-state index in [9.17, 15) is 22.8 Å². The van der Waals surface area contributed by atoms with Gasteiger partial charge in [0.05, 0.1) is 11.6 Å². The van der Waals surface area contributed by atoms with Crippen LogP contribution in [0.2, 0.25) is 0 Å². The van der Waals surface area contributed by atoms with Crippen LogP contribution >= 0.6 is 0 Å². The van der Waals surface area contributed by atoms with Crippen LogP contribution in [-0.4, -0.2) is 22.7 Å². The highest BCUT2D eigenvalue weighted by molar-refractivity contribution is 5.95. The van der Waals surface area contributed by atoms with E-state index in [2.05, 4.69) is 10.3 Å². The molecule has 0 spiro atoms. The van der Waals surface area contributed by atoms with Crippen molar-refractivity contribution in [3.05, 3.63) is 29.6 Å². The van der Waals surface area contributed by atoms with Crippen LogP contribution < -0.4 is 5.32 Å². The second kappa shape index (κ2) is 5.16. The maximum absolute atomic E-state index is 12.3. The molecule has 1 aromatic heterocycles. The quantitative estimate of drug-likeness (QED) is 0.901. The molecule has 0 saturated carbocycles. The third-order valence-corrected chi connectivity index (χ3v) is 2.28. The van der Waals surface area contributed by atoms with E-state index in [-0.39, 0.29) is 11.5 Å². The predicted octanol–water partition coefficient (Wildman–Crippen LogP) is 1.81. The molecule has 1 rings (SSSR count). The first-order valence-corrected chi connectivity index (χ1v) is 5.06. The lowest BCUT2D eigenvalue weighted by molar-refractivity contribution is -0.137. The van der Waals surface area contributed by atoms with Gasteiger partial charge in [0, 0.05) is 6.20 Å². The summed E-state index contributed by atoms with van der Waals surface area (Å²) >= 11 is 0. The maximum Gasteiger partial charge on any atom is 0.417 e. The highest BCUT2D eigenvalue weighted by atomic mass is 19.4. The van der Waals surface area contributed by atoms with Gasteiger partial charge in [-0.3, -0.25) is 14.6 Å². The van der Waals surface area contributed by atoms with Crippen molar-refractivity contribution in [3.63, 3.8) is 0 Å². The van der Waals surface area contributed by atoms with E-state index in [0.29, 0.717) is 6.20 Å². The van der Waals surface area contributed by atoms with Crippen LogP contribution in [0.4, 0.5) is 13.2 Å². The number of Topliss-reactive ketones (excluding diaryl/α,β-unsaturated/α-hetero) is 1. The van der Waals surface area contributed by atoms with Crippen LogP contribution in [0, 0.1) is 0 Å². The van der Waals surface area contributed by atoms with Crippen molar-refractivity contribution in [1.82, 2.24) is 10.3 Å². The van der Waals surface area contributed by atoms with Crippen molar-refractivity contribution in [2.45, 2.75) is 26.1 Å². The Balaban J connectivity index is 2.80. The second-order valence-corrected chi connectivity index (χ2v) is 3.74. The number of hydrogen-bond acceptors (Lipinski definition) is 3. The number of carbonyl (C=O) groups is 2. The number of hydrogen-bond donors (Lipinski definition) is 1. The van der Waals surface area contributed by atoms with Gasteiger partial charge >= 0.3 is 6.18 Å². The summed E-state index contributed by atoms with van der Waals surface area (Å²) in [6.07, 6.45) is -3.91. The normalized spacial score (nSPS) is 12.9. The molecular formula is C11H11F3N2O2. The average molecular weight is 260 g/mol. The predicted molar refractivity (Wildman–Crippen MR) is 56.8 cm³/mol. The Hall–Kier alpha value is -1.92. The fourth-order valence-corrected chi connectivity index (χ4v) is 1.07. The van der Waals surface area contributed by atoms with E-state index in [0.717, 1.165) is 12.1 Å². The van der Waals surface area contributed by atoms with Crippen molar-refractivity contribution in [1.29, 1.82) is 0 Å². The zero-order valence-corrected chi connectivity index (χ0v) is 9.71. The zero-order chi connectivity index (χ0) is 13.9. The standard InChI is InChI=1S/C11H11F3N2O2/c1-6(7(2)17)16-10(18)9-4-3-8(5-15-9)11(12,13)14/h3-6H,1-2H3,(H,16,18). The Morgan fingerprint density at radius 3 is 2.33 bits per heavy atom. The van der Waals surface area contributed by atoms with Crippen LogP contribution in [0.5, 0.6) is 0 Å². The minimum Gasteiger partial charge on any atom is -0.341 e. The lowest BCUT2D eigenvalue weighted by Crippen LogP contribution is -2.37. The largest absolute Gasteiger partial charge is 0.417 e. The molecule has 0 aliphatic heterocycles. The Morgan fingerprint density at radius 1 is 1.33 bits per heavy atom. The van der Waals surface area contributed by atoms with Crippen LogP contribution in [0.25, 0.3) is 0 Å². The third-order valence-electron chi connectivity index (χ3n) is 2.28. The topological polar surface area (TPSA) is 59.1 Å². The molecule has 7 heteroatoms. The first kappa shape index (κ1) is 14.1. The summed E-state index contributed by atoms with van der Waals surface area (Å²) in [5.41, 5.74) is -1.10. The van der Waals surface area contributed by atoms with E-state index in [4.69, 9.17) is 0 Å². The summed E-state index contributed by atoms with van der Waals surface area (Å²) < 4.78 is 36.8. The minimum atomic E-state index is -4.49. The van der Waals surface area contributed by atoms with E-state index < -0.39 is 23.7 Å².